The number of carbonyl (C=O) groups is 1. The fraction of sp³-hybridized carbons (Fsp3) is 0.269. The summed E-state index contributed by atoms with van der Waals surface area (Å²) in [5.74, 6) is 1.43. The third-order valence-electron chi connectivity index (χ3n) is 5.51. The lowest BCUT2D eigenvalue weighted by Gasteiger charge is -2.33. The summed E-state index contributed by atoms with van der Waals surface area (Å²) in [6.07, 6.45) is -0.167. The second-order valence-electron chi connectivity index (χ2n) is 8.06. The molecule has 1 N–H and O–H groups in total. The van der Waals surface area contributed by atoms with Crippen molar-refractivity contribution >= 4 is 11.6 Å². The van der Waals surface area contributed by atoms with Gasteiger partial charge in [0.1, 0.15) is 18.8 Å². The topological polar surface area (TPSA) is 50.8 Å². The number of amides is 1. The van der Waals surface area contributed by atoms with Crippen LogP contribution in [0.15, 0.2) is 72.8 Å². The van der Waals surface area contributed by atoms with Crippen LogP contribution in [-0.4, -0.2) is 37.1 Å². The van der Waals surface area contributed by atoms with E-state index in [9.17, 15) is 4.79 Å². The van der Waals surface area contributed by atoms with Gasteiger partial charge < -0.3 is 14.8 Å². The van der Waals surface area contributed by atoms with E-state index in [0.29, 0.717) is 13.2 Å². The smallest absolute Gasteiger partial charge is 0.246 e. The molecular formula is C26H28N2O3. The zero-order valence-electron chi connectivity index (χ0n) is 18.2. The number of nitrogens with one attached hydrogen (secondary N) is 1. The Balaban J connectivity index is 1.54. The predicted molar refractivity (Wildman–Crippen MR) is 123 cm³/mol. The molecule has 3 aromatic rings. The van der Waals surface area contributed by atoms with Gasteiger partial charge in [-0.05, 0) is 55.8 Å². The number of hydrogen-bond acceptors (Lipinski definition) is 4. The van der Waals surface area contributed by atoms with Crippen molar-refractivity contribution in [3.05, 3.63) is 89.5 Å². The van der Waals surface area contributed by atoms with E-state index < -0.39 is 6.04 Å². The van der Waals surface area contributed by atoms with E-state index in [4.69, 9.17) is 9.47 Å². The van der Waals surface area contributed by atoms with Crippen molar-refractivity contribution in [2.24, 2.45) is 0 Å². The van der Waals surface area contributed by atoms with Crippen LogP contribution in [0.5, 0.6) is 11.5 Å². The van der Waals surface area contributed by atoms with Crippen molar-refractivity contribution in [3.63, 3.8) is 0 Å². The Hall–Kier alpha value is -3.31. The summed E-state index contributed by atoms with van der Waals surface area (Å²) in [7, 11) is 1.95. The molecule has 0 unspecified atom stereocenters. The van der Waals surface area contributed by atoms with Crippen molar-refractivity contribution in [2.75, 3.05) is 25.5 Å². The summed E-state index contributed by atoms with van der Waals surface area (Å²) in [5, 5.41) is 3.13. The molecule has 1 aliphatic heterocycles. The largest absolute Gasteiger partial charge is 0.486 e. The van der Waals surface area contributed by atoms with Gasteiger partial charge in [-0.25, -0.2) is 0 Å². The summed E-state index contributed by atoms with van der Waals surface area (Å²) in [6, 6.07) is 23.1. The maximum Gasteiger partial charge on any atom is 0.246 e. The van der Waals surface area contributed by atoms with Gasteiger partial charge in [-0.2, -0.15) is 0 Å². The van der Waals surface area contributed by atoms with E-state index in [-0.39, 0.29) is 12.0 Å². The average molecular weight is 417 g/mol. The van der Waals surface area contributed by atoms with Crippen molar-refractivity contribution in [1.29, 1.82) is 0 Å². The van der Waals surface area contributed by atoms with Gasteiger partial charge >= 0.3 is 0 Å². The minimum absolute atomic E-state index is 0.0699. The van der Waals surface area contributed by atoms with E-state index in [2.05, 4.69) is 5.32 Å². The zero-order chi connectivity index (χ0) is 21.8. The number of para-hydroxylation sites is 2. The van der Waals surface area contributed by atoms with Crippen LogP contribution in [0.4, 0.5) is 5.69 Å². The van der Waals surface area contributed by atoms with Crippen LogP contribution in [0.3, 0.4) is 0 Å². The minimum Gasteiger partial charge on any atom is -0.486 e. The molecule has 0 saturated heterocycles. The molecule has 0 saturated carbocycles. The fourth-order valence-electron chi connectivity index (χ4n) is 3.89. The molecule has 160 valence electrons. The number of nitrogens with zero attached hydrogens (tertiary/aromatic N) is 1. The Kier molecular flexibility index (Phi) is 6.23. The molecule has 31 heavy (non-hydrogen) atoms. The van der Waals surface area contributed by atoms with E-state index >= 15 is 0 Å². The Morgan fingerprint density at radius 2 is 1.74 bits per heavy atom. The molecule has 1 aliphatic rings. The third-order valence-corrected chi connectivity index (χ3v) is 5.51. The molecule has 2 atom stereocenters. The summed E-state index contributed by atoms with van der Waals surface area (Å²) in [5.41, 5.74) is 3.92. The molecule has 5 heteroatoms. The summed E-state index contributed by atoms with van der Waals surface area (Å²) < 4.78 is 12.0. The second-order valence-corrected chi connectivity index (χ2v) is 8.06. The van der Waals surface area contributed by atoms with Crippen molar-refractivity contribution in [3.8, 4) is 11.5 Å². The van der Waals surface area contributed by atoms with Crippen LogP contribution in [0.2, 0.25) is 0 Å². The predicted octanol–water partition coefficient (Wildman–Crippen LogP) is 4.76. The first-order chi connectivity index (χ1) is 15.0. The highest BCUT2D eigenvalue weighted by atomic mass is 16.6. The lowest BCUT2D eigenvalue weighted by molar-refractivity contribution is -0.121. The lowest BCUT2D eigenvalue weighted by atomic mass is 10.0. The highest BCUT2D eigenvalue weighted by Gasteiger charge is 2.30. The minimum atomic E-state index is -0.457. The Labute approximate surface area is 183 Å². The average Bonchev–Trinajstić information content (AvgIpc) is 2.77. The molecule has 0 bridgehead atoms. The van der Waals surface area contributed by atoms with Crippen molar-refractivity contribution < 1.29 is 14.3 Å². The van der Waals surface area contributed by atoms with E-state index in [1.807, 2.05) is 98.6 Å². The van der Waals surface area contributed by atoms with E-state index in [1.165, 1.54) is 0 Å². The summed E-state index contributed by atoms with van der Waals surface area (Å²) in [4.78, 5) is 15.5. The normalized spacial score (nSPS) is 16.1. The number of fused-ring (bicyclic) bond motifs is 1. The van der Waals surface area contributed by atoms with E-state index in [1.54, 1.807) is 0 Å². The quantitative estimate of drug-likeness (QED) is 0.630. The zero-order valence-corrected chi connectivity index (χ0v) is 18.2. The molecule has 4 rings (SSSR count). The highest BCUT2D eigenvalue weighted by molar-refractivity contribution is 5.96. The number of hydrogen-bond donors (Lipinski definition) is 1. The standard InChI is InChI=1S/C26H28N2O3/c1-18-13-14-19(2)22(15-18)27-26(29)25(20-9-5-4-6-10-20)28(3)16-21-17-30-23-11-7-8-12-24(23)31-21/h4-15,21,25H,16-17H2,1-3H3,(H,27,29)/t21-,25-/m1/s1. The van der Waals surface area contributed by atoms with E-state index in [0.717, 1.165) is 33.9 Å². The van der Waals surface area contributed by atoms with Gasteiger partial charge in [0.05, 0.1) is 0 Å². The number of rotatable bonds is 6. The fourth-order valence-corrected chi connectivity index (χ4v) is 3.89. The number of benzene rings is 3. The first kappa shape index (κ1) is 20.9. The molecule has 0 spiro atoms. The Bertz CT molecular complexity index is 1050. The molecular weight excluding hydrogens is 388 g/mol. The van der Waals surface area contributed by atoms with Crippen LogP contribution in [0.25, 0.3) is 0 Å². The first-order valence-electron chi connectivity index (χ1n) is 10.5. The third kappa shape index (κ3) is 4.89. The maximum atomic E-state index is 13.4. The molecule has 1 amide bonds. The van der Waals surface area contributed by atoms with Gasteiger partial charge in [0.2, 0.25) is 5.91 Å². The van der Waals surface area contributed by atoms with Crippen LogP contribution in [0.1, 0.15) is 22.7 Å². The maximum absolute atomic E-state index is 13.4. The lowest BCUT2D eigenvalue weighted by Crippen LogP contribution is -2.43. The van der Waals surface area contributed by atoms with Crippen molar-refractivity contribution in [1.82, 2.24) is 4.90 Å². The molecule has 0 fully saturated rings. The van der Waals surface area contributed by atoms with Crippen LogP contribution in [-0.2, 0) is 4.79 Å². The molecule has 3 aromatic carbocycles. The molecule has 5 nitrogen and oxygen atoms in total. The number of anilines is 1. The number of aryl methyl sites for hydroxylation is 2. The number of carbonyl (C=O) groups excluding carboxylic acids is 1. The van der Waals surface area contributed by atoms with Gasteiger partial charge in [-0.1, -0.05) is 54.6 Å². The highest BCUT2D eigenvalue weighted by Crippen LogP contribution is 2.32. The van der Waals surface area contributed by atoms with Gasteiger partial charge in [-0.3, -0.25) is 9.69 Å². The Morgan fingerprint density at radius 1 is 1.03 bits per heavy atom. The second kappa shape index (κ2) is 9.23. The SMILES string of the molecule is Cc1ccc(C)c(NC(=O)[C@@H](c2ccccc2)N(C)C[C@@H]2COc3ccccc3O2)c1. The van der Waals surface area contributed by atoms with Gasteiger partial charge in [0, 0.05) is 12.2 Å². The van der Waals surface area contributed by atoms with Gasteiger partial charge in [0.15, 0.2) is 11.5 Å². The molecule has 0 aliphatic carbocycles. The van der Waals surface area contributed by atoms with Crippen LogP contribution in [0, 0.1) is 13.8 Å². The number of likely N-dealkylation sites (N-methyl/N-ethyl adjacent to an activating group) is 1. The molecule has 1 heterocycles. The first-order valence-corrected chi connectivity index (χ1v) is 10.5. The Morgan fingerprint density at radius 3 is 2.52 bits per heavy atom. The summed E-state index contributed by atoms with van der Waals surface area (Å²) >= 11 is 0. The van der Waals surface area contributed by atoms with Gasteiger partial charge in [0.25, 0.3) is 0 Å². The van der Waals surface area contributed by atoms with Crippen LogP contribution < -0.4 is 14.8 Å². The van der Waals surface area contributed by atoms with Crippen LogP contribution >= 0.6 is 0 Å². The van der Waals surface area contributed by atoms with Gasteiger partial charge in [-0.15, -0.1) is 0 Å². The molecule has 0 aromatic heterocycles. The molecule has 0 radical (unpaired) electrons. The summed E-state index contributed by atoms with van der Waals surface area (Å²) in [6.45, 7) is 5.02. The monoisotopic (exact) mass is 416 g/mol. The van der Waals surface area contributed by atoms with Crippen molar-refractivity contribution in [2.45, 2.75) is 26.0 Å². The number of ether oxygens (including phenoxy) is 2.